The number of hydrogen-bond acceptors (Lipinski definition) is 5. The molecular weight excluding hydrogens is 324 g/mol. The van der Waals surface area contributed by atoms with Gasteiger partial charge in [0.15, 0.2) is 21.3 Å². The zero-order chi connectivity index (χ0) is 13.8. The van der Waals surface area contributed by atoms with Crippen molar-refractivity contribution in [1.29, 1.82) is 0 Å². The van der Waals surface area contributed by atoms with Gasteiger partial charge in [0.25, 0.3) is 0 Å². The summed E-state index contributed by atoms with van der Waals surface area (Å²) >= 11 is 3.25. The molecule has 7 heteroatoms. The minimum Gasteiger partial charge on any atom is -0.493 e. The van der Waals surface area contributed by atoms with Crippen LogP contribution in [-0.4, -0.2) is 40.4 Å². The fourth-order valence-electron chi connectivity index (χ4n) is 1.24. The molecule has 0 amide bonds. The predicted octanol–water partition coefficient (Wildman–Crippen LogP) is 1.69. The first-order valence-corrected chi connectivity index (χ1v) is 7.86. The summed E-state index contributed by atoms with van der Waals surface area (Å²) in [5.74, 6) is 0.671. The summed E-state index contributed by atoms with van der Waals surface area (Å²) in [6.07, 6.45) is 1.83. The fourth-order valence-corrected chi connectivity index (χ4v) is 2.20. The summed E-state index contributed by atoms with van der Waals surface area (Å²) in [6, 6.07) is 3.10. The molecule has 5 nitrogen and oxygen atoms in total. The van der Waals surface area contributed by atoms with E-state index >= 15 is 0 Å². The van der Waals surface area contributed by atoms with E-state index in [0.29, 0.717) is 27.8 Å². The van der Waals surface area contributed by atoms with Crippen molar-refractivity contribution in [3.8, 4) is 11.5 Å². The van der Waals surface area contributed by atoms with Gasteiger partial charge in [-0.05, 0) is 28.1 Å². The van der Waals surface area contributed by atoms with E-state index in [1.807, 2.05) is 0 Å². The lowest BCUT2D eigenvalue weighted by atomic mass is 10.2. The lowest BCUT2D eigenvalue weighted by molar-refractivity contribution is 0.112. The van der Waals surface area contributed by atoms with Crippen LogP contribution in [0.3, 0.4) is 0 Å². The predicted molar refractivity (Wildman–Crippen MR) is 71.3 cm³/mol. The Balaban J connectivity index is 2.91. The fraction of sp³-hybridized carbons (Fsp3) is 0.364. The molecule has 0 saturated heterocycles. The highest BCUT2D eigenvalue weighted by atomic mass is 79.9. The largest absolute Gasteiger partial charge is 0.493 e. The highest BCUT2D eigenvalue weighted by Gasteiger charge is 2.12. The number of sulfone groups is 1. The Morgan fingerprint density at radius 2 is 2.06 bits per heavy atom. The van der Waals surface area contributed by atoms with Crippen molar-refractivity contribution in [3.63, 3.8) is 0 Å². The first-order chi connectivity index (χ1) is 8.37. The zero-order valence-corrected chi connectivity index (χ0v) is 12.4. The topological polar surface area (TPSA) is 69.7 Å². The van der Waals surface area contributed by atoms with E-state index in [2.05, 4.69) is 15.9 Å². The van der Waals surface area contributed by atoms with E-state index in [0.717, 1.165) is 6.26 Å². The lowest BCUT2D eigenvalue weighted by Gasteiger charge is -2.12. The van der Waals surface area contributed by atoms with Crippen molar-refractivity contribution < 1.29 is 22.7 Å². The molecule has 0 bridgehead atoms. The van der Waals surface area contributed by atoms with Crippen LogP contribution in [0.5, 0.6) is 11.5 Å². The van der Waals surface area contributed by atoms with E-state index in [1.54, 1.807) is 6.07 Å². The summed E-state index contributed by atoms with van der Waals surface area (Å²) in [7, 11) is -1.63. The second kappa shape index (κ2) is 6.19. The number of aldehydes is 1. The van der Waals surface area contributed by atoms with Crippen LogP contribution in [0.4, 0.5) is 0 Å². The lowest BCUT2D eigenvalue weighted by Crippen LogP contribution is -2.12. The molecule has 0 atom stereocenters. The van der Waals surface area contributed by atoms with Gasteiger partial charge in [-0.25, -0.2) is 8.42 Å². The van der Waals surface area contributed by atoms with Crippen molar-refractivity contribution in [2.45, 2.75) is 0 Å². The molecule has 0 unspecified atom stereocenters. The van der Waals surface area contributed by atoms with Gasteiger partial charge in [-0.1, -0.05) is 0 Å². The highest BCUT2D eigenvalue weighted by Crippen LogP contribution is 2.36. The van der Waals surface area contributed by atoms with E-state index in [4.69, 9.17) is 9.47 Å². The average molecular weight is 337 g/mol. The van der Waals surface area contributed by atoms with Crippen LogP contribution in [0.25, 0.3) is 0 Å². The van der Waals surface area contributed by atoms with Crippen molar-refractivity contribution in [3.05, 3.63) is 22.2 Å². The van der Waals surface area contributed by atoms with Crippen molar-refractivity contribution >= 4 is 32.1 Å². The Morgan fingerprint density at radius 1 is 1.39 bits per heavy atom. The maximum absolute atomic E-state index is 11.0. The van der Waals surface area contributed by atoms with Crippen molar-refractivity contribution in [1.82, 2.24) is 0 Å². The molecule has 0 aliphatic rings. The van der Waals surface area contributed by atoms with E-state index in [9.17, 15) is 13.2 Å². The summed E-state index contributed by atoms with van der Waals surface area (Å²) in [5.41, 5.74) is 0.439. The molecule has 100 valence electrons. The van der Waals surface area contributed by atoms with Gasteiger partial charge in [-0.2, -0.15) is 0 Å². The Morgan fingerprint density at radius 3 is 2.56 bits per heavy atom. The number of hydrogen-bond donors (Lipinski definition) is 0. The third kappa shape index (κ3) is 4.30. The van der Waals surface area contributed by atoms with E-state index in [1.165, 1.54) is 13.2 Å². The van der Waals surface area contributed by atoms with Crippen molar-refractivity contribution in [2.24, 2.45) is 0 Å². The van der Waals surface area contributed by atoms with Crippen LogP contribution in [0.1, 0.15) is 10.4 Å². The number of halogens is 1. The van der Waals surface area contributed by atoms with Crippen LogP contribution < -0.4 is 9.47 Å². The number of ether oxygens (including phenoxy) is 2. The molecule has 0 N–H and O–H groups in total. The molecule has 0 saturated carbocycles. The van der Waals surface area contributed by atoms with Crippen LogP contribution in [0, 0.1) is 0 Å². The molecule has 0 aliphatic carbocycles. The van der Waals surface area contributed by atoms with Gasteiger partial charge in [-0.3, -0.25) is 4.79 Å². The van der Waals surface area contributed by atoms with Gasteiger partial charge in [0, 0.05) is 11.8 Å². The monoisotopic (exact) mass is 336 g/mol. The molecule has 0 radical (unpaired) electrons. The molecule has 0 aromatic heterocycles. The third-order valence-corrected chi connectivity index (χ3v) is 3.59. The molecule has 0 spiro atoms. The molecule has 1 aromatic rings. The van der Waals surface area contributed by atoms with Gasteiger partial charge in [0.2, 0.25) is 0 Å². The number of carbonyl (C=O) groups is 1. The van der Waals surface area contributed by atoms with Crippen LogP contribution in [-0.2, 0) is 9.84 Å². The van der Waals surface area contributed by atoms with Gasteiger partial charge >= 0.3 is 0 Å². The second-order valence-corrected chi connectivity index (χ2v) is 6.74. The minimum absolute atomic E-state index is 0.0221. The smallest absolute Gasteiger partial charge is 0.175 e. The first-order valence-electron chi connectivity index (χ1n) is 5.00. The molecule has 0 heterocycles. The minimum atomic E-state index is -3.08. The van der Waals surface area contributed by atoms with Gasteiger partial charge in [-0.15, -0.1) is 0 Å². The maximum atomic E-state index is 11.0. The Kier molecular flexibility index (Phi) is 5.15. The summed E-state index contributed by atoms with van der Waals surface area (Å²) in [5, 5.41) is 0. The molecule has 1 aromatic carbocycles. The molecule has 0 fully saturated rings. The molecule has 1 rings (SSSR count). The van der Waals surface area contributed by atoms with Crippen LogP contribution >= 0.6 is 15.9 Å². The number of benzene rings is 1. The Hall–Kier alpha value is -1.08. The Bertz CT molecular complexity index is 539. The number of rotatable bonds is 6. The summed E-state index contributed by atoms with van der Waals surface area (Å²) in [4.78, 5) is 10.7. The zero-order valence-electron chi connectivity index (χ0n) is 9.97. The third-order valence-electron chi connectivity index (χ3n) is 2.09. The summed E-state index contributed by atoms with van der Waals surface area (Å²) in [6.45, 7) is 0.0221. The second-order valence-electron chi connectivity index (χ2n) is 3.63. The average Bonchev–Trinajstić information content (AvgIpc) is 2.29. The van der Waals surface area contributed by atoms with Crippen LogP contribution in [0.15, 0.2) is 16.6 Å². The van der Waals surface area contributed by atoms with E-state index < -0.39 is 9.84 Å². The summed E-state index contributed by atoms with van der Waals surface area (Å²) < 4.78 is 33.0. The quantitative estimate of drug-likeness (QED) is 0.739. The Labute approximate surface area is 114 Å². The standard InChI is InChI=1S/C11H13BrO5S/c1-16-10-6-8(7-13)5-9(12)11(10)17-3-4-18(2,14)15/h5-7H,3-4H2,1-2H3. The molecule has 18 heavy (non-hydrogen) atoms. The SMILES string of the molecule is COc1cc(C=O)cc(Br)c1OCCS(C)(=O)=O. The highest BCUT2D eigenvalue weighted by molar-refractivity contribution is 9.10. The maximum Gasteiger partial charge on any atom is 0.175 e. The van der Waals surface area contributed by atoms with Crippen molar-refractivity contribution in [2.75, 3.05) is 25.7 Å². The van der Waals surface area contributed by atoms with Gasteiger partial charge in [0.05, 0.1) is 17.3 Å². The molecule has 0 aliphatic heterocycles. The molecular formula is C11H13BrO5S. The van der Waals surface area contributed by atoms with Gasteiger partial charge in [0.1, 0.15) is 12.9 Å². The van der Waals surface area contributed by atoms with E-state index in [-0.39, 0.29) is 12.4 Å². The number of carbonyl (C=O) groups excluding carboxylic acids is 1. The normalized spacial score (nSPS) is 11.1. The van der Waals surface area contributed by atoms with Gasteiger partial charge < -0.3 is 9.47 Å². The number of methoxy groups -OCH3 is 1. The van der Waals surface area contributed by atoms with Crippen LogP contribution in [0.2, 0.25) is 0 Å². The first kappa shape index (κ1) is 15.0.